The number of aromatic nitrogens is 2. The molecule has 2 aromatic rings. The maximum atomic E-state index is 6.02. The summed E-state index contributed by atoms with van der Waals surface area (Å²) in [5.74, 6) is 1.52. The van der Waals surface area contributed by atoms with Gasteiger partial charge in [0.05, 0.1) is 18.2 Å². The van der Waals surface area contributed by atoms with Crippen LogP contribution < -0.4 is 10.5 Å². The van der Waals surface area contributed by atoms with Gasteiger partial charge in [0.25, 0.3) is 0 Å². The van der Waals surface area contributed by atoms with E-state index in [0.29, 0.717) is 22.5 Å². The number of nitrogens with zero attached hydrogens (tertiary/aromatic N) is 2. The van der Waals surface area contributed by atoms with E-state index in [4.69, 9.17) is 26.6 Å². The molecule has 0 fully saturated rings. The third kappa shape index (κ3) is 2.40. The molecule has 1 heterocycles. The van der Waals surface area contributed by atoms with Gasteiger partial charge in [-0.15, -0.1) is 0 Å². The zero-order valence-electron chi connectivity index (χ0n) is 9.48. The molecule has 0 aliphatic carbocycles. The molecule has 0 aliphatic heterocycles. The van der Waals surface area contributed by atoms with Crippen molar-refractivity contribution in [2.75, 3.05) is 7.11 Å². The third-order valence-electron chi connectivity index (χ3n) is 2.36. The Morgan fingerprint density at radius 1 is 1.47 bits per heavy atom. The zero-order chi connectivity index (χ0) is 12.4. The van der Waals surface area contributed by atoms with Gasteiger partial charge >= 0.3 is 0 Å². The number of hydrogen-bond donors (Lipinski definition) is 1. The van der Waals surface area contributed by atoms with Crippen LogP contribution in [0.4, 0.5) is 0 Å². The van der Waals surface area contributed by atoms with Crippen LogP contribution in [-0.2, 0) is 0 Å². The highest BCUT2D eigenvalue weighted by Crippen LogP contribution is 2.28. The summed E-state index contributed by atoms with van der Waals surface area (Å²) in [5.41, 5.74) is 6.81. The van der Waals surface area contributed by atoms with Crippen LogP contribution in [0, 0.1) is 6.92 Å². The van der Waals surface area contributed by atoms with Gasteiger partial charge in [0.2, 0.25) is 5.89 Å². The summed E-state index contributed by atoms with van der Waals surface area (Å²) >= 11 is 6.02. The quantitative estimate of drug-likeness (QED) is 0.907. The Balaban J connectivity index is 2.31. The summed E-state index contributed by atoms with van der Waals surface area (Å²) in [6.45, 7) is 1.71. The Labute approximate surface area is 104 Å². The van der Waals surface area contributed by atoms with E-state index in [0.717, 1.165) is 5.56 Å². The van der Waals surface area contributed by atoms with Crippen molar-refractivity contribution >= 4 is 11.6 Å². The first-order valence-electron chi connectivity index (χ1n) is 5.01. The van der Waals surface area contributed by atoms with Crippen LogP contribution in [0.2, 0.25) is 5.02 Å². The topological polar surface area (TPSA) is 74.2 Å². The molecule has 1 unspecified atom stereocenters. The second kappa shape index (κ2) is 4.73. The molecule has 0 radical (unpaired) electrons. The van der Waals surface area contributed by atoms with E-state index in [-0.39, 0.29) is 0 Å². The molecule has 1 aromatic carbocycles. The predicted octanol–water partition coefficient (Wildman–Crippen LogP) is 2.09. The highest BCUT2D eigenvalue weighted by atomic mass is 35.5. The second-order valence-electron chi connectivity index (χ2n) is 3.54. The Bertz CT molecular complexity index is 527. The van der Waals surface area contributed by atoms with Gasteiger partial charge in [-0.3, -0.25) is 0 Å². The monoisotopic (exact) mass is 253 g/mol. The van der Waals surface area contributed by atoms with Crippen molar-refractivity contribution in [3.05, 3.63) is 40.5 Å². The first-order valence-corrected chi connectivity index (χ1v) is 5.39. The smallest absolute Gasteiger partial charge is 0.223 e. The van der Waals surface area contributed by atoms with Gasteiger partial charge in [0.15, 0.2) is 5.82 Å². The van der Waals surface area contributed by atoms with Crippen molar-refractivity contribution in [1.29, 1.82) is 0 Å². The lowest BCUT2D eigenvalue weighted by Gasteiger charge is -2.09. The maximum absolute atomic E-state index is 6.02. The van der Waals surface area contributed by atoms with Crippen LogP contribution in [0.25, 0.3) is 0 Å². The molecule has 17 heavy (non-hydrogen) atoms. The highest BCUT2D eigenvalue weighted by Gasteiger charge is 2.16. The van der Waals surface area contributed by atoms with Crippen LogP contribution in [0.3, 0.4) is 0 Å². The highest BCUT2D eigenvalue weighted by molar-refractivity contribution is 6.32. The normalized spacial score (nSPS) is 12.5. The summed E-state index contributed by atoms with van der Waals surface area (Å²) in [4.78, 5) is 4.08. The minimum absolute atomic E-state index is 0.434. The van der Waals surface area contributed by atoms with Gasteiger partial charge in [0.1, 0.15) is 5.75 Å². The van der Waals surface area contributed by atoms with Gasteiger partial charge in [-0.1, -0.05) is 22.8 Å². The fraction of sp³-hybridized carbons (Fsp3) is 0.273. The Morgan fingerprint density at radius 3 is 2.76 bits per heavy atom. The predicted molar refractivity (Wildman–Crippen MR) is 63.1 cm³/mol. The molecule has 1 aromatic heterocycles. The van der Waals surface area contributed by atoms with Crippen molar-refractivity contribution in [1.82, 2.24) is 10.1 Å². The molecule has 0 saturated heterocycles. The summed E-state index contributed by atoms with van der Waals surface area (Å²) < 4.78 is 9.95. The van der Waals surface area contributed by atoms with Gasteiger partial charge in [0, 0.05) is 6.92 Å². The Kier molecular flexibility index (Phi) is 3.31. The van der Waals surface area contributed by atoms with Crippen molar-refractivity contribution in [2.24, 2.45) is 5.73 Å². The van der Waals surface area contributed by atoms with E-state index in [9.17, 15) is 0 Å². The molecule has 2 rings (SSSR count). The van der Waals surface area contributed by atoms with Crippen molar-refractivity contribution in [2.45, 2.75) is 13.0 Å². The first-order chi connectivity index (χ1) is 8.11. The minimum Gasteiger partial charge on any atom is -0.495 e. The van der Waals surface area contributed by atoms with Crippen molar-refractivity contribution in [3.8, 4) is 5.75 Å². The number of rotatable bonds is 3. The number of ether oxygens (including phenoxy) is 1. The summed E-state index contributed by atoms with van der Waals surface area (Å²) in [7, 11) is 1.56. The van der Waals surface area contributed by atoms with E-state index in [1.165, 1.54) is 0 Å². The largest absolute Gasteiger partial charge is 0.495 e. The van der Waals surface area contributed by atoms with Crippen LogP contribution >= 0.6 is 11.6 Å². The van der Waals surface area contributed by atoms with Gasteiger partial charge in [-0.05, 0) is 17.7 Å². The lowest BCUT2D eigenvalue weighted by atomic mass is 10.1. The first kappa shape index (κ1) is 11.9. The molecule has 2 N–H and O–H groups in total. The second-order valence-corrected chi connectivity index (χ2v) is 3.95. The molecule has 0 saturated carbocycles. The van der Waals surface area contributed by atoms with E-state index < -0.39 is 6.04 Å². The number of nitrogens with two attached hydrogens (primary N) is 1. The molecule has 1 atom stereocenters. The summed E-state index contributed by atoms with van der Waals surface area (Å²) in [5, 5.41) is 4.28. The number of benzene rings is 1. The van der Waals surface area contributed by atoms with Gasteiger partial charge in [-0.2, -0.15) is 4.98 Å². The average molecular weight is 254 g/mol. The van der Waals surface area contributed by atoms with Crippen LogP contribution in [0.1, 0.15) is 23.3 Å². The van der Waals surface area contributed by atoms with E-state index in [1.54, 1.807) is 26.2 Å². The third-order valence-corrected chi connectivity index (χ3v) is 2.65. The molecule has 0 aliphatic rings. The average Bonchev–Trinajstić information content (AvgIpc) is 2.75. The lowest BCUT2D eigenvalue weighted by molar-refractivity contribution is 0.385. The van der Waals surface area contributed by atoms with E-state index in [2.05, 4.69) is 10.1 Å². The fourth-order valence-electron chi connectivity index (χ4n) is 1.47. The van der Waals surface area contributed by atoms with E-state index >= 15 is 0 Å². The van der Waals surface area contributed by atoms with Crippen LogP contribution in [0.15, 0.2) is 22.7 Å². The SMILES string of the molecule is COc1ccc(C(N)c2noc(C)n2)cc1Cl. The van der Waals surface area contributed by atoms with Gasteiger partial charge < -0.3 is 15.0 Å². The Morgan fingerprint density at radius 2 is 2.24 bits per heavy atom. The van der Waals surface area contributed by atoms with Crippen LogP contribution in [0.5, 0.6) is 5.75 Å². The standard InChI is InChI=1S/C11H12ClN3O2/c1-6-14-11(15-17-6)10(13)7-3-4-9(16-2)8(12)5-7/h3-5,10H,13H2,1-2H3. The number of halogens is 1. The molecule has 0 bridgehead atoms. The van der Waals surface area contributed by atoms with Crippen molar-refractivity contribution in [3.63, 3.8) is 0 Å². The Hall–Kier alpha value is -1.59. The lowest BCUT2D eigenvalue weighted by Crippen LogP contribution is -2.13. The van der Waals surface area contributed by atoms with Crippen molar-refractivity contribution < 1.29 is 9.26 Å². The molecular weight excluding hydrogens is 242 g/mol. The minimum atomic E-state index is -0.462. The number of aryl methyl sites for hydroxylation is 1. The molecule has 0 spiro atoms. The van der Waals surface area contributed by atoms with E-state index in [1.807, 2.05) is 6.07 Å². The van der Waals surface area contributed by atoms with Gasteiger partial charge in [-0.25, -0.2) is 0 Å². The van der Waals surface area contributed by atoms with Crippen LogP contribution in [-0.4, -0.2) is 17.3 Å². The molecule has 6 heteroatoms. The molecule has 0 amide bonds. The number of methoxy groups -OCH3 is 1. The summed E-state index contributed by atoms with van der Waals surface area (Å²) in [6.07, 6.45) is 0. The zero-order valence-corrected chi connectivity index (χ0v) is 10.2. The maximum Gasteiger partial charge on any atom is 0.223 e. The molecule has 5 nitrogen and oxygen atoms in total. The molecular formula is C11H12ClN3O2. The number of hydrogen-bond acceptors (Lipinski definition) is 5. The fourth-order valence-corrected chi connectivity index (χ4v) is 1.73. The molecule has 90 valence electrons. The summed E-state index contributed by atoms with van der Waals surface area (Å²) in [6, 6.07) is 4.85.